The maximum atomic E-state index is 16.3. The number of esters is 1. The summed E-state index contributed by atoms with van der Waals surface area (Å²) in [6.07, 6.45) is 4.96. The Morgan fingerprint density at radius 3 is 2.53 bits per heavy atom. The van der Waals surface area contributed by atoms with Gasteiger partial charge in [-0.1, -0.05) is 38.6 Å². The lowest BCUT2D eigenvalue weighted by Crippen LogP contribution is -2.55. The molecule has 12 heteroatoms. The lowest BCUT2D eigenvalue weighted by Gasteiger charge is -2.41. The maximum absolute atomic E-state index is 16.3. The van der Waals surface area contributed by atoms with E-state index in [4.69, 9.17) is 9.73 Å². The number of piperazine rings is 1. The molecule has 1 saturated heterocycles. The standard InChI is InChI=1S/C35H37F2N5O4S/c1-6-29(44)41-15-16-42(21(4)18-41)34(40-31-23(20(2)3)9-7-12-28(31)47-5)24-17-26(37)32(39-33(24)38-19-43)30-25(36)10-8-11-27(30)46-35(45)22-13-14-22/h6-12,17,19-22H,1,13-16,18H2,2-5H3,(H,38,39,43). The number of benzene rings is 2. The summed E-state index contributed by atoms with van der Waals surface area (Å²) in [5.41, 5.74) is 1.04. The molecule has 47 heavy (non-hydrogen) atoms. The van der Waals surface area contributed by atoms with Gasteiger partial charge in [0.25, 0.3) is 0 Å². The van der Waals surface area contributed by atoms with Gasteiger partial charge in [0, 0.05) is 30.6 Å². The van der Waals surface area contributed by atoms with Gasteiger partial charge < -0.3 is 19.9 Å². The molecule has 0 bridgehead atoms. The van der Waals surface area contributed by atoms with E-state index >= 15 is 8.78 Å². The number of nitrogens with zero attached hydrogens (tertiary/aromatic N) is 4. The van der Waals surface area contributed by atoms with Crippen LogP contribution in [0.15, 0.2) is 65.0 Å². The predicted molar refractivity (Wildman–Crippen MR) is 179 cm³/mol. The summed E-state index contributed by atoms with van der Waals surface area (Å²) in [5, 5.41) is 2.56. The highest BCUT2D eigenvalue weighted by atomic mass is 32.2. The van der Waals surface area contributed by atoms with E-state index in [0.29, 0.717) is 50.4 Å². The van der Waals surface area contributed by atoms with Gasteiger partial charge >= 0.3 is 5.97 Å². The van der Waals surface area contributed by atoms with Gasteiger partial charge in [-0.25, -0.2) is 18.8 Å². The van der Waals surface area contributed by atoms with Gasteiger partial charge in [0.05, 0.1) is 22.7 Å². The number of nitrogens with one attached hydrogen (secondary N) is 1. The monoisotopic (exact) mass is 661 g/mol. The van der Waals surface area contributed by atoms with Crippen LogP contribution in [0.25, 0.3) is 11.3 Å². The van der Waals surface area contributed by atoms with Crippen LogP contribution in [0.1, 0.15) is 50.7 Å². The fourth-order valence-electron chi connectivity index (χ4n) is 5.61. The molecule has 1 aliphatic heterocycles. The number of amides is 2. The molecule has 2 aromatic carbocycles. The Morgan fingerprint density at radius 2 is 1.89 bits per heavy atom. The van der Waals surface area contributed by atoms with Crippen molar-refractivity contribution < 1.29 is 27.9 Å². The quantitative estimate of drug-likeness (QED) is 0.0500. The van der Waals surface area contributed by atoms with Crippen LogP contribution in [0.4, 0.5) is 20.3 Å². The van der Waals surface area contributed by atoms with Crippen molar-refractivity contribution in [3.05, 3.63) is 77.9 Å². The summed E-state index contributed by atoms with van der Waals surface area (Å²) >= 11 is 1.52. The number of thioether (sulfide) groups is 1. The molecule has 3 aromatic rings. The molecule has 2 heterocycles. The van der Waals surface area contributed by atoms with E-state index in [0.717, 1.165) is 22.6 Å². The number of hydrogen-bond donors (Lipinski definition) is 1. The van der Waals surface area contributed by atoms with Gasteiger partial charge in [0.1, 0.15) is 28.9 Å². The van der Waals surface area contributed by atoms with Crippen molar-refractivity contribution in [2.24, 2.45) is 10.9 Å². The van der Waals surface area contributed by atoms with Gasteiger partial charge in [-0.2, -0.15) is 0 Å². The fourth-order valence-corrected chi connectivity index (χ4v) is 6.18. The second-order valence-electron chi connectivity index (χ2n) is 11.8. The molecule has 2 fully saturated rings. The number of aromatic nitrogens is 1. The summed E-state index contributed by atoms with van der Waals surface area (Å²) in [6.45, 7) is 10.7. The third-order valence-corrected chi connectivity index (χ3v) is 8.99. The average Bonchev–Trinajstić information content (AvgIpc) is 3.90. The smallest absolute Gasteiger partial charge is 0.314 e. The molecule has 1 aliphatic carbocycles. The Balaban J connectivity index is 1.71. The molecule has 9 nitrogen and oxygen atoms in total. The minimum absolute atomic E-state index is 0.0672. The van der Waals surface area contributed by atoms with Crippen LogP contribution in [-0.4, -0.2) is 70.8 Å². The molecule has 1 N–H and O–H groups in total. The molecule has 1 aromatic heterocycles. The Hall–Kier alpha value is -4.58. The van der Waals surface area contributed by atoms with E-state index < -0.39 is 23.3 Å². The second-order valence-corrected chi connectivity index (χ2v) is 12.7. The zero-order valence-corrected chi connectivity index (χ0v) is 27.6. The number of para-hydroxylation sites is 1. The molecule has 5 rings (SSSR count). The van der Waals surface area contributed by atoms with E-state index in [1.54, 1.807) is 4.90 Å². The van der Waals surface area contributed by atoms with Crippen molar-refractivity contribution in [3.63, 3.8) is 0 Å². The zero-order chi connectivity index (χ0) is 33.8. The van der Waals surface area contributed by atoms with E-state index in [2.05, 4.69) is 30.7 Å². The predicted octanol–water partition coefficient (Wildman–Crippen LogP) is 6.55. The van der Waals surface area contributed by atoms with Crippen molar-refractivity contribution in [3.8, 4) is 17.0 Å². The van der Waals surface area contributed by atoms with Crippen molar-refractivity contribution in [1.82, 2.24) is 14.8 Å². The number of anilines is 1. The summed E-state index contributed by atoms with van der Waals surface area (Å²) in [7, 11) is 0. The van der Waals surface area contributed by atoms with E-state index in [1.165, 1.54) is 30.0 Å². The number of carbonyl (C=O) groups excluding carboxylic acids is 3. The Morgan fingerprint density at radius 1 is 1.15 bits per heavy atom. The first kappa shape index (κ1) is 33.8. The molecule has 1 saturated carbocycles. The number of ether oxygens (including phenoxy) is 1. The number of amidine groups is 1. The zero-order valence-electron chi connectivity index (χ0n) is 26.8. The van der Waals surface area contributed by atoms with Crippen LogP contribution in [0.5, 0.6) is 5.75 Å². The van der Waals surface area contributed by atoms with Gasteiger partial charge in [0.15, 0.2) is 5.82 Å². The average molecular weight is 662 g/mol. The number of pyridine rings is 1. The SMILES string of the molecule is C=CC(=O)N1CCN(C(=Nc2c(SC)cccc2C(C)C)c2cc(F)c(-c3c(F)cccc3OC(=O)C3CC3)nc2NC=O)C(C)C1. The van der Waals surface area contributed by atoms with Crippen LogP contribution in [0, 0.1) is 17.6 Å². The lowest BCUT2D eigenvalue weighted by atomic mass is 10.0. The number of rotatable bonds is 10. The molecule has 2 aliphatic rings. The minimum atomic E-state index is -0.909. The molecular formula is C35H37F2N5O4S. The van der Waals surface area contributed by atoms with E-state index in [-0.39, 0.29) is 46.5 Å². The molecule has 246 valence electrons. The summed E-state index contributed by atoms with van der Waals surface area (Å²) in [4.78, 5) is 51.0. The van der Waals surface area contributed by atoms with Gasteiger partial charge in [-0.15, -0.1) is 11.8 Å². The van der Waals surface area contributed by atoms with Gasteiger partial charge in [-0.3, -0.25) is 14.4 Å². The molecule has 0 radical (unpaired) electrons. The summed E-state index contributed by atoms with van der Waals surface area (Å²) < 4.78 is 37.2. The number of halogens is 2. The molecule has 1 unspecified atom stereocenters. The summed E-state index contributed by atoms with van der Waals surface area (Å²) in [6, 6.07) is 10.7. The third kappa shape index (κ3) is 7.22. The Labute approximate surface area is 277 Å². The lowest BCUT2D eigenvalue weighted by molar-refractivity contribution is -0.135. The van der Waals surface area contributed by atoms with Crippen LogP contribution >= 0.6 is 11.8 Å². The van der Waals surface area contributed by atoms with Gasteiger partial charge in [0.2, 0.25) is 12.3 Å². The minimum Gasteiger partial charge on any atom is -0.425 e. The summed E-state index contributed by atoms with van der Waals surface area (Å²) in [5.74, 6) is -2.56. The van der Waals surface area contributed by atoms with Crippen LogP contribution in [0.3, 0.4) is 0 Å². The first-order valence-corrected chi connectivity index (χ1v) is 16.7. The fraction of sp³-hybridized carbons (Fsp3) is 0.343. The highest BCUT2D eigenvalue weighted by Gasteiger charge is 2.34. The topological polar surface area (TPSA) is 104 Å². The normalized spacial score (nSPS) is 16.7. The molecule has 1 atom stereocenters. The van der Waals surface area contributed by atoms with Crippen LogP contribution < -0.4 is 10.1 Å². The highest BCUT2D eigenvalue weighted by Crippen LogP contribution is 2.40. The number of carbonyl (C=O) groups is 3. The van der Waals surface area contributed by atoms with Crippen LogP contribution in [-0.2, 0) is 14.4 Å². The van der Waals surface area contributed by atoms with Crippen LogP contribution in [0.2, 0.25) is 0 Å². The van der Waals surface area contributed by atoms with Crippen molar-refractivity contribution in [1.29, 1.82) is 0 Å². The van der Waals surface area contributed by atoms with Crippen molar-refractivity contribution in [2.45, 2.75) is 50.5 Å². The maximum Gasteiger partial charge on any atom is 0.314 e. The number of aliphatic imine (C=N–C) groups is 1. The van der Waals surface area contributed by atoms with E-state index in [1.807, 2.05) is 36.3 Å². The Bertz CT molecular complexity index is 1740. The van der Waals surface area contributed by atoms with E-state index in [9.17, 15) is 14.4 Å². The molecule has 0 spiro atoms. The first-order chi connectivity index (χ1) is 22.6. The van der Waals surface area contributed by atoms with Crippen molar-refractivity contribution >= 4 is 47.4 Å². The molecule has 2 amide bonds. The first-order valence-electron chi connectivity index (χ1n) is 15.4. The highest BCUT2D eigenvalue weighted by molar-refractivity contribution is 7.98. The molecular weight excluding hydrogens is 624 g/mol. The number of hydrogen-bond acceptors (Lipinski definition) is 7. The second kappa shape index (κ2) is 14.5. The Kier molecular flexibility index (Phi) is 10.4. The third-order valence-electron chi connectivity index (χ3n) is 8.22. The van der Waals surface area contributed by atoms with Crippen molar-refractivity contribution in [2.75, 3.05) is 31.2 Å². The van der Waals surface area contributed by atoms with Gasteiger partial charge in [-0.05, 0) is 67.8 Å². The largest absolute Gasteiger partial charge is 0.425 e.